The first-order chi connectivity index (χ1) is 8.58. The predicted molar refractivity (Wildman–Crippen MR) is 74.1 cm³/mol. The Kier molecular flexibility index (Phi) is 5.92. The Balaban J connectivity index is 2.63. The van der Waals surface area contributed by atoms with Gasteiger partial charge in [0.05, 0.1) is 5.92 Å². The second kappa shape index (κ2) is 7.21. The van der Waals surface area contributed by atoms with Crippen molar-refractivity contribution in [1.29, 1.82) is 0 Å². The minimum absolute atomic E-state index is 0.131. The molecule has 0 aliphatic rings. The highest BCUT2D eigenvalue weighted by molar-refractivity contribution is 5.76. The van der Waals surface area contributed by atoms with Crippen LogP contribution < -0.4 is 11.1 Å². The van der Waals surface area contributed by atoms with Crippen LogP contribution in [0.25, 0.3) is 0 Å². The molecule has 1 aromatic heterocycles. The maximum absolute atomic E-state index is 11.0. The number of nitrogens with one attached hydrogen (secondary N) is 1. The molecule has 0 saturated carbocycles. The van der Waals surface area contributed by atoms with E-state index in [1.165, 1.54) is 5.56 Å². The summed E-state index contributed by atoms with van der Waals surface area (Å²) in [6.45, 7) is 7.88. The van der Waals surface area contributed by atoms with Crippen molar-refractivity contribution in [3.63, 3.8) is 0 Å². The van der Waals surface area contributed by atoms with Gasteiger partial charge in [-0.25, -0.2) is 0 Å². The average Bonchev–Trinajstić information content (AvgIpc) is 2.78. The van der Waals surface area contributed by atoms with Crippen LogP contribution in [-0.4, -0.2) is 17.0 Å². The van der Waals surface area contributed by atoms with Crippen LogP contribution in [0.4, 0.5) is 0 Å². The molecule has 3 N–H and O–H groups in total. The van der Waals surface area contributed by atoms with Crippen LogP contribution in [0.3, 0.4) is 0 Å². The number of hydrogen-bond donors (Lipinski definition) is 2. The van der Waals surface area contributed by atoms with Crippen molar-refractivity contribution in [2.75, 3.05) is 6.54 Å². The zero-order chi connectivity index (χ0) is 13.5. The quantitative estimate of drug-likeness (QED) is 0.743. The first-order valence-corrected chi connectivity index (χ1v) is 6.76. The van der Waals surface area contributed by atoms with Gasteiger partial charge in [0.1, 0.15) is 0 Å². The topological polar surface area (TPSA) is 60.1 Å². The molecule has 4 heteroatoms. The van der Waals surface area contributed by atoms with Crippen molar-refractivity contribution in [3.05, 3.63) is 24.0 Å². The third-order valence-corrected chi connectivity index (χ3v) is 3.20. The van der Waals surface area contributed by atoms with Gasteiger partial charge >= 0.3 is 0 Å². The summed E-state index contributed by atoms with van der Waals surface area (Å²) in [4.78, 5) is 11.0. The second-order valence-corrected chi connectivity index (χ2v) is 4.86. The summed E-state index contributed by atoms with van der Waals surface area (Å²) in [6, 6.07) is 2.51. The highest BCUT2D eigenvalue weighted by Gasteiger charge is 2.12. The molecule has 1 rings (SSSR count). The predicted octanol–water partition coefficient (Wildman–Crippen LogP) is 2.06. The van der Waals surface area contributed by atoms with Crippen molar-refractivity contribution in [3.8, 4) is 0 Å². The van der Waals surface area contributed by atoms with Gasteiger partial charge in [0.25, 0.3) is 0 Å². The molecule has 0 fully saturated rings. The molecule has 18 heavy (non-hydrogen) atoms. The molecule has 102 valence electrons. The molecule has 0 radical (unpaired) electrons. The van der Waals surface area contributed by atoms with Gasteiger partial charge in [-0.1, -0.05) is 20.8 Å². The lowest BCUT2D eigenvalue weighted by Crippen LogP contribution is -2.24. The number of primary amides is 1. The van der Waals surface area contributed by atoms with E-state index in [2.05, 4.69) is 31.4 Å². The number of nitrogens with two attached hydrogens (primary N) is 1. The zero-order valence-electron chi connectivity index (χ0n) is 11.6. The number of carbonyl (C=O) groups is 1. The van der Waals surface area contributed by atoms with Gasteiger partial charge in [-0.3, -0.25) is 4.79 Å². The summed E-state index contributed by atoms with van der Waals surface area (Å²) in [5, 5.41) is 3.52. The van der Waals surface area contributed by atoms with Gasteiger partial charge in [-0.05, 0) is 31.0 Å². The lowest BCUT2D eigenvalue weighted by atomic mass is 10.1. The Labute approximate surface area is 110 Å². The first-order valence-electron chi connectivity index (χ1n) is 6.76. The average molecular weight is 251 g/mol. The maximum atomic E-state index is 11.0. The van der Waals surface area contributed by atoms with E-state index in [4.69, 9.17) is 5.73 Å². The van der Waals surface area contributed by atoms with Crippen LogP contribution in [-0.2, 0) is 11.3 Å². The first kappa shape index (κ1) is 14.8. The maximum Gasteiger partial charge on any atom is 0.222 e. The molecule has 0 spiro atoms. The Morgan fingerprint density at radius 2 is 2.22 bits per heavy atom. The molecular formula is C14H25N3O. The van der Waals surface area contributed by atoms with E-state index < -0.39 is 0 Å². The smallest absolute Gasteiger partial charge is 0.222 e. The second-order valence-electron chi connectivity index (χ2n) is 4.86. The monoisotopic (exact) mass is 251 g/mol. The Morgan fingerprint density at radius 3 is 2.78 bits per heavy atom. The van der Waals surface area contributed by atoms with Crippen LogP contribution in [0, 0.1) is 5.92 Å². The fourth-order valence-electron chi connectivity index (χ4n) is 2.00. The molecule has 0 bridgehead atoms. The fourth-order valence-corrected chi connectivity index (χ4v) is 2.00. The van der Waals surface area contributed by atoms with Crippen LogP contribution in [0.5, 0.6) is 0 Å². The van der Waals surface area contributed by atoms with Crippen LogP contribution in [0.1, 0.15) is 45.2 Å². The number of nitrogens with zero attached hydrogens (tertiary/aromatic N) is 1. The standard InChI is InChI=1S/C14H25N3O/c1-4-7-16-13(5-2)12-6-8-17(10-12)9-11(3)14(15)18/h6,8,10-11,13,16H,4-5,7,9H2,1-3H3,(H2,15,18). The van der Waals surface area contributed by atoms with Gasteiger partial charge in [0.2, 0.25) is 5.91 Å². The van der Waals surface area contributed by atoms with E-state index in [9.17, 15) is 4.79 Å². The van der Waals surface area contributed by atoms with Crippen molar-refractivity contribution in [1.82, 2.24) is 9.88 Å². The zero-order valence-corrected chi connectivity index (χ0v) is 11.6. The molecule has 0 aliphatic carbocycles. The number of aromatic nitrogens is 1. The van der Waals surface area contributed by atoms with Crippen molar-refractivity contribution in [2.45, 2.75) is 46.2 Å². The molecule has 2 atom stereocenters. The summed E-state index contributed by atoms with van der Waals surface area (Å²) in [6.07, 6.45) is 6.33. The highest BCUT2D eigenvalue weighted by Crippen LogP contribution is 2.17. The molecular weight excluding hydrogens is 226 g/mol. The van der Waals surface area contributed by atoms with Gasteiger partial charge in [0.15, 0.2) is 0 Å². The van der Waals surface area contributed by atoms with Crippen LogP contribution in [0.15, 0.2) is 18.5 Å². The van der Waals surface area contributed by atoms with Crippen molar-refractivity contribution < 1.29 is 4.79 Å². The van der Waals surface area contributed by atoms with E-state index in [-0.39, 0.29) is 11.8 Å². The molecule has 0 aromatic carbocycles. The molecule has 4 nitrogen and oxygen atoms in total. The van der Waals surface area contributed by atoms with Gasteiger partial charge < -0.3 is 15.6 Å². The molecule has 1 amide bonds. The SMILES string of the molecule is CCCNC(CC)c1ccn(CC(C)C(N)=O)c1. The lowest BCUT2D eigenvalue weighted by Gasteiger charge is -2.15. The minimum atomic E-state index is -0.249. The van der Waals surface area contributed by atoms with Crippen LogP contribution in [0.2, 0.25) is 0 Å². The van der Waals surface area contributed by atoms with E-state index in [1.807, 2.05) is 17.7 Å². The van der Waals surface area contributed by atoms with E-state index >= 15 is 0 Å². The minimum Gasteiger partial charge on any atom is -0.369 e. The summed E-state index contributed by atoms with van der Waals surface area (Å²) in [7, 11) is 0. The number of rotatable bonds is 8. The summed E-state index contributed by atoms with van der Waals surface area (Å²) in [5.41, 5.74) is 6.56. The molecule has 0 saturated heterocycles. The Bertz CT molecular complexity index is 373. The largest absolute Gasteiger partial charge is 0.369 e. The highest BCUT2D eigenvalue weighted by atomic mass is 16.1. The van der Waals surface area contributed by atoms with Crippen LogP contribution >= 0.6 is 0 Å². The summed E-state index contributed by atoms with van der Waals surface area (Å²) in [5.74, 6) is -0.379. The fraction of sp³-hybridized carbons (Fsp3) is 0.643. The van der Waals surface area contributed by atoms with Crippen molar-refractivity contribution >= 4 is 5.91 Å². The molecule has 1 aromatic rings. The van der Waals surface area contributed by atoms with E-state index in [0.29, 0.717) is 12.6 Å². The molecule has 2 unspecified atom stereocenters. The summed E-state index contributed by atoms with van der Waals surface area (Å²) < 4.78 is 2.04. The molecule has 1 heterocycles. The van der Waals surface area contributed by atoms with Crippen molar-refractivity contribution in [2.24, 2.45) is 11.7 Å². The van der Waals surface area contributed by atoms with Gasteiger partial charge in [-0.15, -0.1) is 0 Å². The number of hydrogen-bond acceptors (Lipinski definition) is 2. The number of carbonyl (C=O) groups excluding carboxylic acids is 1. The van der Waals surface area contributed by atoms with Gasteiger partial charge in [0, 0.05) is 25.0 Å². The third-order valence-electron chi connectivity index (χ3n) is 3.20. The number of amides is 1. The Morgan fingerprint density at radius 1 is 1.50 bits per heavy atom. The lowest BCUT2D eigenvalue weighted by molar-refractivity contribution is -0.121. The normalized spacial score (nSPS) is 14.4. The third kappa shape index (κ3) is 4.18. The Hall–Kier alpha value is -1.29. The van der Waals surface area contributed by atoms with Gasteiger partial charge in [-0.2, -0.15) is 0 Å². The summed E-state index contributed by atoms with van der Waals surface area (Å²) >= 11 is 0. The van der Waals surface area contributed by atoms with E-state index in [0.717, 1.165) is 19.4 Å². The molecule has 0 aliphatic heterocycles. The van der Waals surface area contributed by atoms with E-state index in [1.54, 1.807) is 0 Å².